The number of rotatable bonds is 5. The summed E-state index contributed by atoms with van der Waals surface area (Å²) in [6.07, 6.45) is 1.51. The summed E-state index contributed by atoms with van der Waals surface area (Å²) in [4.78, 5) is 0. The van der Waals surface area contributed by atoms with Crippen LogP contribution >= 0.6 is 23.2 Å². The van der Waals surface area contributed by atoms with Crippen LogP contribution in [0.2, 0.25) is 0 Å². The normalized spacial score (nSPS) is 12.8. The Kier molecular flexibility index (Phi) is 26.9. The summed E-state index contributed by atoms with van der Waals surface area (Å²) in [6, 6.07) is 0. The van der Waals surface area contributed by atoms with Gasteiger partial charge in [0.2, 0.25) is 0 Å². The van der Waals surface area contributed by atoms with Crippen LogP contribution in [0, 0.1) is 11.8 Å². The average molecular weight is 333 g/mol. The van der Waals surface area contributed by atoms with Crippen LogP contribution in [0.1, 0.15) is 47.5 Å². The first-order chi connectivity index (χ1) is 7.16. The van der Waals surface area contributed by atoms with Gasteiger partial charge in [0, 0.05) is 5.38 Å². The second-order valence-electron chi connectivity index (χ2n) is 4.89. The third-order valence-corrected chi connectivity index (χ3v) is 2.31. The maximum Gasteiger partial charge on any atom is 1.00 e. The summed E-state index contributed by atoms with van der Waals surface area (Å²) in [5, 5.41) is -0.620. The number of halogens is 5. The summed E-state index contributed by atoms with van der Waals surface area (Å²) >= 11 is 10.9. The van der Waals surface area contributed by atoms with Crippen molar-refractivity contribution in [2.24, 2.45) is 11.8 Å². The van der Waals surface area contributed by atoms with E-state index in [2.05, 4.69) is 13.8 Å². The Labute approximate surface area is 163 Å². The van der Waals surface area contributed by atoms with E-state index in [1.165, 1.54) is 0 Å². The number of hydrogen-bond donors (Lipinski definition) is 0. The largest absolute Gasteiger partial charge is 1.00 e. The van der Waals surface area contributed by atoms with Crippen LogP contribution in [0.3, 0.4) is 0 Å². The van der Waals surface area contributed by atoms with E-state index < -0.39 is 12.5 Å². The van der Waals surface area contributed by atoms with E-state index >= 15 is 0 Å². The van der Waals surface area contributed by atoms with Gasteiger partial charge in [0.1, 0.15) is 0 Å². The van der Waals surface area contributed by atoms with Crippen molar-refractivity contribution in [3.05, 3.63) is 0 Å². The molecule has 0 N–H and O–H groups in total. The van der Waals surface area contributed by atoms with E-state index in [-0.39, 0.29) is 62.0 Å². The molecule has 18 heavy (non-hydrogen) atoms. The summed E-state index contributed by atoms with van der Waals surface area (Å²) in [5.74, 6) is 0.994. The van der Waals surface area contributed by atoms with E-state index in [0.29, 0.717) is 11.8 Å². The van der Waals surface area contributed by atoms with E-state index in [0.717, 1.165) is 12.3 Å². The fourth-order valence-electron chi connectivity index (χ4n) is 1.20. The molecule has 0 aliphatic rings. The molecule has 0 amide bonds. The maximum atomic E-state index is 11.7. The van der Waals surface area contributed by atoms with Crippen LogP contribution < -0.4 is 56.1 Å². The maximum absolute atomic E-state index is 11.7. The molecule has 2 atom stereocenters. The molecule has 0 aliphatic carbocycles. The van der Waals surface area contributed by atoms with E-state index in [4.69, 9.17) is 23.2 Å². The molecular weight excluding hydrogens is 310 g/mol. The summed E-state index contributed by atoms with van der Waals surface area (Å²) < 4.78 is 23.3. The molecule has 106 valence electrons. The molecule has 0 saturated heterocycles. The van der Waals surface area contributed by atoms with Crippen molar-refractivity contribution in [3.8, 4) is 0 Å². The van der Waals surface area contributed by atoms with Gasteiger partial charge >= 0.3 is 58.7 Å². The van der Waals surface area contributed by atoms with Gasteiger partial charge in [-0.3, -0.25) is 8.63 Å². The van der Waals surface area contributed by atoms with Crippen molar-refractivity contribution in [2.75, 3.05) is 0 Å². The van der Waals surface area contributed by atoms with Crippen molar-refractivity contribution in [1.82, 2.24) is 0 Å². The van der Waals surface area contributed by atoms with Crippen molar-refractivity contribution in [1.29, 1.82) is 0 Å². The molecule has 0 rings (SSSR count). The fraction of sp³-hybridized carbons (Fsp3) is 1.00. The van der Waals surface area contributed by atoms with Gasteiger partial charge in [0.25, 0.3) is 0 Å². The zero-order valence-electron chi connectivity index (χ0n) is 12.2. The minimum absolute atomic E-state index is 0. The van der Waals surface area contributed by atoms with Gasteiger partial charge in [-0.1, -0.05) is 27.7 Å². The van der Waals surface area contributed by atoms with Gasteiger partial charge in [0.05, 0.1) is 5.28 Å². The molecule has 0 heterocycles. The van der Waals surface area contributed by atoms with E-state index in [1.807, 2.05) is 20.8 Å². The minimum atomic E-state index is -2.38. The number of hydrogen-bond acceptors (Lipinski definition) is 0. The topological polar surface area (TPSA) is 0 Å². The zero-order chi connectivity index (χ0) is 13.3. The van der Waals surface area contributed by atoms with Gasteiger partial charge in [-0.05, 0) is 31.6 Å². The zero-order valence-corrected chi connectivity index (χ0v) is 16.8. The quantitative estimate of drug-likeness (QED) is 0.460. The Hall–Kier alpha value is 2.07. The van der Waals surface area contributed by atoms with Gasteiger partial charge in [-0.2, -0.15) is 0 Å². The number of alkyl halides is 2. The van der Waals surface area contributed by atoms with Gasteiger partial charge in [-0.25, -0.2) is 0 Å². The first kappa shape index (κ1) is 28.3. The molecule has 0 aromatic carbocycles. The minimum Gasteiger partial charge on any atom is -1.00 e. The standard InChI is InChI=1S/C6H13Cl.C5H10BClF2.FH.K/c1-5(2)4-6(3)7;1-4(2)3-5(7)6(8)9;;/h5-6H,4H2,1-3H3;4-5H,3H2,1-2H3;1H;/q;;;+1/p-1. The molecule has 7 heteroatoms. The monoisotopic (exact) mass is 332 g/mol. The Balaban J connectivity index is -0.000000100. The van der Waals surface area contributed by atoms with E-state index in [9.17, 15) is 8.63 Å². The summed E-state index contributed by atoms with van der Waals surface area (Å²) in [6.45, 7) is 10.1. The van der Waals surface area contributed by atoms with Crippen LogP contribution in [0.25, 0.3) is 0 Å². The molecule has 0 spiro atoms. The predicted octanol–water partition coefficient (Wildman–Crippen LogP) is -0.726. The first-order valence-electron chi connectivity index (χ1n) is 5.73. The summed E-state index contributed by atoms with van der Waals surface area (Å²) in [7, 11) is -2.38. The van der Waals surface area contributed by atoms with Gasteiger partial charge in [0.15, 0.2) is 0 Å². The Morgan fingerprint density at radius 3 is 1.28 bits per heavy atom. The van der Waals surface area contributed by atoms with Crippen molar-refractivity contribution in [3.63, 3.8) is 0 Å². The molecule has 0 fully saturated rings. The third-order valence-electron chi connectivity index (χ3n) is 1.77. The molecule has 0 aromatic heterocycles. The smallest absolute Gasteiger partial charge is 1.00 e. The van der Waals surface area contributed by atoms with Crippen LogP contribution in [0.15, 0.2) is 0 Å². The molecule has 0 bridgehead atoms. The summed E-state index contributed by atoms with van der Waals surface area (Å²) in [5.41, 5.74) is 0. The molecule has 2 unspecified atom stereocenters. The average Bonchev–Trinajstić information content (AvgIpc) is 2.00. The Morgan fingerprint density at radius 1 is 0.889 bits per heavy atom. The van der Waals surface area contributed by atoms with Crippen LogP contribution in [0.4, 0.5) is 8.63 Å². The Bertz CT molecular complexity index is 155. The SMILES string of the molecule is CC(C)CC(C)Cl.CC(C)CC(Cl)B(F)F.[F-].[K+]. The molecule has 0 saturated carbocycles. The van der Waals surface area contributed by atoms with Gasteiger partial charge in [-0.15, -0.1) is 23.2 Å². The third kappa shape index (κ3) is 26.6. The molecule has 0 radical (unpaired) electrons. The van der Waals surface area contributed by atoms with Crippen molar-refractivity contribution >= 4 is 30.5 Å². The van der Waals surface area contributed by atoms with Crippen molar-refractivity contribution in [2.45, 2.75) is 58.1 Å². The molecule has 0 aromatic rings. The van der Waals surface area contributed by atoms with Gasteiger partial charge < -0.3 is 4.70 Å². The first-order valence-corrected chi connectivity index (χ1v) is 6.60. The van der Waals surface area contributed by atoms with Crippen LogP contribution in [-0.4, -0.2) is 17.9 Å². The van der Waals surface area contributed by atoms with Crippen LogP contribution in [-0.2, 0) is 0 Å². The fourth-order valence-corrected chi connectivity index (χ4v) is 1.92. The van der Waals surface area contributed by atoms with Crippen molar-refractivity contribution < 1.29 is 64.7 Å². The van der Waals surface area contributed by atoms with Crippen LogP contribution in [0.5, 0.6) is 0 Å². The molecular formula is C11H23BCl2F3K. The Morgan fingerprint density at radius 2 is 1.22 bits per heavy atom. The molecule has 0 nitrogen and oxygen atoms in total. The van der Waals surface area contributed by atoms with E-state index in [1.54, 1.807) is 0 Å². The second-order valence-corrected chi connectivity index (χ2v) is 6.20. The molecule has 0 aliphatic heterocycles. The second kappa shape index (κ2) is 17.1. The predicted molar refractivity (Wildman–Crippen MR) is 71.8 cm³/mol.